The average molecular weight is 417 g/mol. The maximum absolute atomic E-state index is 7.00. The van der Waals surface area contributed by atoms with E-state index >= 15 is 0 Å². The van der Waals surface area contributed by atoms with E-state index in [4.69, 9.17) is 11.6 Å². The van der Waals surface area contributed by atoms with Gasteiger partial charge >= 0.3 is 0 Å². The van der Waals surface area contributed by atoms with Crippen LogP contribution >= 0.6 is 11.6 Å². The number of benzene rings is 1. The number of para-hydroxylation sites is 1. The molecule has 3 rings (SSSR count). The van der Waals surface area contributed by atoms with E-state index in [0.717, 1.165) is 26.1 Å². The molecule has 1 saturated heterocycles. The van der Waals surface area contributed by atoms with Crippen molar-refractivity contribution >= 4 is 23.0 Å². The first kappa shape index (κ1) is 22.2. The molecule has 1 aromatic rings. The number of hydrogen-bond acceptors (Lipinski definition) is 2. The summed E-state index contributed by atoms with van der Waals surface area (Å²) in [5, 5.41) is 0. The predicted octanol–water partition coefficient (Wildman–Crippen LogP) is 6.10. The summed E-state index contributed by atoms with van der Waals surface area (Å²) < 4.78 is 2.55. The first-order chi connectivity index (χ1) is 13.7. The van der Waals surface area contributed by atoms with Crippen LogP contribution in [0.3, 0.4) is 0 Å². The Labute approximate surface area is 183 Å². The van der Waals surface area contributed by atoms with Gasteiger partial charge in [-0.3, -0.25) is 0 Å². The molecular weight excluding hydrogens is 378 g/mol. The van der Waals surface area contributed by atoms with Gasteiger partial charge in [-0.05, 0) is 41.0 Å². The predicted molar refractivity (Wildman–Crippen MR) is 125 cm³/mol. The van der Waals surface area contributed by atoms with Gasteiger partial charge in [0.1, 0.15) is 17.9 Å². The average Bonchev–Trinajstić information content (AvgIpc) is 3.00. The van der Waals surface area contributed by atoms with Crippen LogP contribution in [0.5, 0.6) is 0 Å². The molecule has 0 saturated carbocycles. The largest absolute Gasteiger partial charge is 0.350 e. The number of halogens is 1. The van der Waals surface area contributed by atoms with Gasteiger partial charge in [-0.1, -0.05) is 50.1 Å². The van der Waals surface area contributed by atoms with Crippen molar-refractivity contribution in [1.29, 1.82) is 0 Å². The van der Waals surface area contributed by atoms with Crippen molar-refractivity contribution in [3.05, 3.63) is 41.7 Å². The minimum absolute atomic E-state index is 0.0229. The van der Waals surface area contributed by atoms with Crippen molar-refractivity contribution in [1.82, 2.24) is 9.80 Å². The number of rotatable bonds is 7. The molecule has 0 aromatic heterocycles. The third kappa shape index (κ3) is 3.60. The lowest BCUT2D eigenvalue weighted by molar-refractivity contribution is -0.438. The third-order valence-corrected chi connectivity index (χ3v) is 7.47. The van der Waals surface area contributed by atoms with E-state index in [2.05, 4.69) is 93.2 Å². The van der Waals surface area contributed by atoms with Gasteiger partial charge in [-0.15, -0.1) is 0 Å². The van der Waals surface area contributed by atoms with Gasteiger partial charge in [0.05, 0.1) is 11.0 Å². The summed E-state index contributed by atoms with van der Waals surface area (Å²) in [4.78, 5) is 4.90. The van der Waals surface area contributed by atoms with Crippen LogP contribution in [0.15, 0.2) is 36.2 Å². The van der Waals surface area contributed by atoms with Crippen molar-refractivity contribution < 1.29 is 4.58 Å². The lowest BCUT2D eigenvalue weighted by atomic mass is 9.81. The second-order valence-electron chi connectivity index (χ2n) is 9.46. The van der Waals surface area contributed by atoms with E-state index in [9.17, 15) is 0 Å². The Morgan fingerprint density at radius 2 is 1.76 bits per heavy atom. The number of likely N-dealkylation sites (N-methyl/N-ethyl adjacent to an activating group) is 1. The van der Waals surface area contributed by atoms with Crippen molar-refractivity contribution in [2.24, 2.45) is 0 Å². The van der Waals surface area contributed by atoms with Gasteiger partial charge in [0.2, 0.25) is 5.69 Å². The Morgan fingerprint density at radius 1 is 1.07 bits per heavy atom. The van der Waals surface area contributed by atoms with Crippen LogP contribution in [0.25, 0.3) is 0 Å². The Hall–Kier alpha value is -1.48. The molecule has 2 aliphatic rings. The first-order valence-corrected chi connectivity index (χ1v) is 11.8. The third-order valence-electron chi connectivity index (χ3n) is 6.70. The fourth-order valence-electron chi connectivity index (χ4n) is 5.06. The molecule has 29 heavy (non-hydrogen) atoms. The van der Waals surface area contributed by atoms with Crippen LogP contribution in [0.1, 0.15) is 73.3 Å². The van der Waals surface area contributed by atoms with Crippen molar-refractivity contribution in [2.75, 3.05) is 19.6 Å². The summed E-state index contributed by atoms with van der Waals surface area (Å²) in [6, 6.07) is 8.91. The van der Waals surface area contributed by atoms with Crippen LogP contribution in [0, 0.1) is 0 Å². The molecule has 1 fully saturated rings. The summed E-state index contributed by atoms with van der Waals surface area (Å²) >= 11 is 7.00. The lowest BCUT2D eigenvalue weighted by Crippen LogP contribution is -2.43. The molecule has 1 atom stereocenters. The normalized spacial score (nSPS) is 24.0. The van der Waals surface area contributed by atoms with E-state index < -0.39 is 0 Å². The second-order valence-corrected chi connectivity index (χ2v) is 9.88. The quantitative estimate of drug-likeness (QED) is 0.302. The summed E-state index contributed by atoms with van der Waals surface area (Å²) in [5.41, 5.74) is 4.04. The Bertz CT molecular complexity index is 806. The minimum Gasteiger partial charge on any atom is -0.350 e. The highest BCUT2D eigenvalue weighted by Gasteiger charge is 2.50. The number of alkyl halides is 1. The number of nitrogens with zero attached hydrogens (tertiary/aromatic N) is 3. The zero-order valence-corrected chi connectivity index (χ0v) is 20.2. The van der Waals surface area contributed by atoms with Gasteiger partial charge in [-0.25, -0.2) is 0 Å². The van der Waals surface area contributed by atoms with Crippen LogP contribution in [-0.4, -0.2) is 50.8 Å². The molecule has 0 radical (unpaired) electrons. The molecule has 3 nitrogen and oxygen atoms in total. The fraction of sp³-hybridized carbons (Fsp3) is 0.640. The molecule has 2 heterocycles. The highest BCUT2D eigenvalue weighted by Crippen LogP contribution is 2.43. The number of hydrogen-bond donors (Lipinski definition) is 0. The SMILES string of the molecule is CCCC[N+]1=C(/C=C2\N(CCC)C(Cl)C(C)(C)N2CC)C(C)(C)c2ccccc21. The van der Waals surface area contributed by atoms with Crippen LogP contribution in [-0.2, 0) is 5.41 Å². The molecular formula is C25H39ClN3+. The van der Waals surface area contributed by atoms with Crippen LogP contribution < -0.4 is 0 Å². The molecule has 0 N–H and O–H groups in total. The molecule has 1 aromatic carbocycles. The molecule has 0 spiro atoms. The Balaban J connectivity index is 2.18. The number of allylic oxidation sites excluding steroid dienone is 1. The second kappa shape index (κ2) is 8.34. The molecule has 0 amide bonds. The zero-order valence-electron chi connectivity index (χ0n) is 19.4. The molecule has 4 heteroatoms. The van der Waals surface area contributed by atoms with Crippen LogP contribution in [0.4, 0.5) is 5.69 Å². The molecule has 0 bridgehead atoms. The maximum Gasteiger partial charge on any atom is 0.209 e. The van der Waals surface area contributed by atoms with Crippen molar-refractivity contribution in [3.8, 4) is 0 Å². The van der Waals surface area contributed by atoms with E-state index in [1.807, 2.05) is 0 Å². The van der Waals surface area contributed by atoms with E-state index in [1.165, 1.54) is 35.6 Å². The molecule has 160 valence electrons. The highest BCUT2D eigenvalue weighted by molar-refractivity contribution is 6.21. The minimum atomic E-state index is -0.0955. The Morgan fingerprint density at radius 3 is 2.38 bits per heavy atom. The smallest absolute Gasteiger partial charge is 0.209 e. The van der Waals surface area contributed by atoms with E-state index in [0.29, 0.717) is 0 Å². The summed E-state index contributed by atoms with van der Waals surface area (Å²) in [7, 11) is 0. The van der Waals surface area contributed by atoms with Crippen molar-refractivity contribution in [3.63, 3.8) is 0 Å². The Kier molecular flexibility index (Phi) is 6.38. The topological polar surface area (TPSA) is 9.49 Å². The number of unbranched alkanes of at least 4 members (excludes halogenated alkanes) is 1. The van der Waals surface area contributed by atoms with Gasteiger partial charge in [-0.2, -0.15) is 4.58 Å². The summed E-state index contributed by atoms with van der Waals surface area (Å²) in [6.07, 6.45) is 5.92. The van der Waals surface area contributed by atoms with Gasteiger partial charge < -0.3 is 9.80 Å². The maximum atomic E-state index is 7.00. The van der Waals surface area contributed by atoms with Crippen LogP contribution in [0.2, 0.25) is 0 Å². The zero-order chi connectivity index (χ0) is 21.4. The highest BCUT2D eigenvalue weighted by atomic mass is 35.5. The first-order valence-electron chi connectivity index (χ1n) is 11.4. The lowest BCUT2D eigenvalue weighted by Gasteiger charge is -2.32. The number of fused-ring (bicyclic) bond motifs is 1. The van der Waals surface area contributed by atoms with Gasteiger partial charge in [0.25, 0.3) is 0 Å². The van der Waals surface area contributed by atoms with Gasteiger partial charge in [0, 0.05) is 37.2 Å². The molecule has 1 unspecified atom stereocenters. The van der Waals surface area contributed by atoms with E-state index in [-0.39, 0.29) is 16.5 Å². The van der Waals surface area contributed by atoms with E-state index in [1.54, 1.807) is 0 Å². The summed E-state index contributed by atoms with van der Waals surface area (Å²) in [5.74, 6) is 1.27. The molecule has 2 aliphatic heterocycles. The monoisotopic (exact) mass is 416 g/mol. The van der Waals surface area contributed by atoms with Crippen molar-refractivity contribution in [2.45, 2.75) is 84.2 Å². The van der Waals surface area contributed by atoms with Gasteiger partial charge in [0.15, 0.2) is 5.71 Å². The molecule has 0 aliphatic carbocycles. The standard InChI is InChI=1S/C25H39ClN3/c1-8-11-17-27-20-15-13-12-14-19(20)24(4,5)21(27)18-22-28(16-9-2)23(26)25(6,7)29(22)10-3/h12-15,18,23H,8-11,16-17H2,1-7H3/q+1. The fourth-order valence-corrected chi connectivity index (χ4v) is 5.37. The summed E-state index contributed by atoms with van der Waals surface area (Å²) in [6.45, 7) is 19.0.